The summed E-state index contributed by atoms with van der Waals surface area (Å²) in [4.78, 5) is 21.3. The quantitative estimate of drug-likeness (QED) is 0.598. The van der Waals surface area contributed by atoms with Crippen LogP contribution in [0.2, 0.25) is 0 Å². The third-order valence-corrected chi connectivity index (χ3v) is 5.55. The zero-order valence-corrected chi connectivity index (χ0v) is 16.5. The second kappa shape index (κ2) is 9.63. The molecule has 2 aromatic rings. The van der Waals surface area contributed by atoms with Crippen LogP contribution in [0.1, 0.15) is 74.7 Å². The number of carbonyl (C=O) groups excluding carboxylic acids is 1. The number of aryl methyl sites for hydroxylation is 1. The molecule has 0 atom stereocenters. The second-order valence-corrected chi connectivity index (χ2v) is 7.55. The van der Waals surface area contributed by atoms with Crippen molar-refractivity contribution in [1.29, 1.82) is 0 Å². The summed E-state index contributed by atoms with van der Waals surface area (Å²) >= 11 is 0. The standard InChI is InChI=1S/C23H30N2O2/c1-3-5-6-18-15-24-22(25-16-18)19-9-11-20(12-10-19)23(26)27-21-13-7-17(4-2)8-14-21/h9-12,15-17,21H,3-8,13-14H2,1-2H3/t17-,21-. The number of esters is 1. The molecule has 0 unspecified atom stereocenters. The molecule has 0 N–H and O–H groups in total. The van der Waals surface area contributed by atoms with Gasteiger partial charge in [-0.1, -0.05) is 38.8 Å². The molecule has 0 bridgehead atoms. The van der Waals surface area contributed by atoms with Crippen molar-refractivity contribution in [3.63, 3.8) is 0 Å². The number of unbranched alkanes of at least 4 members (excludes halogenated alkanes) is 1. The van der Waals surface area contributed by atoms with Crippen LogP contribution in [0.5, 0.6) is 0 Å². The van der Waals surface area contributed by atoms with Crippen LogP contribution in [0.3, 0.4) is 0 Å². The van der Waals surface area contributed by atoms with Crippen LogP contribution in [-0.4, -0.2) is 22.0 Å². The average Bonchev–Trinajstić information content (AvgIpc) is 2.73. The van der Waals surface area contributed by atoms with E-state index in [4.69, 9.17) is 4.74 Å². The molecule has 1 heterocycles. The Kier molecular flexibility index (Phi) is 6.97. The first-order valence-electron chi connectivity index (χ1n) is 10.3. The number of hydrogen-bond acceptors (Lipinski definition) is 4. The SMILES string of the molecule is CCCCc1cnc(-c2ccc(C(=O)O[C@H]3CC[C@H](CC)CC3)cc2)nc1. The van der Waals surface area contributed by atoms with Crippen LogP contribution in [0.15, 0.2) is 36.7 Å². The molecule has 0 radical (unpaired) electrons. The highest BCUT2D eigenvalue weighted by Crippen LogP contribution is 2.28. The van der Waals surface area contributed by atoms with Gasteiger partial charge >= 0.3 is 5.97 Å². The van der Waals surface area contributed by atoms with Gasteiger partial charge in [-0.25, -0.2) is 14.8 Å². The predicted molar refractivity (Wildman–Crippen MR) is 108 cm³/mol. The fourth-order valence-corrected chi connectivity index (χ4v) is 3.65. The smallest absolute Gasteiger partial charge is 0.338 e. The zero-order chi connectivity index (χ0) is 19.1. The summed E-state index contributed by atoms with van der Waals surface area (Å²) < 4.78 is 5.70. The van der Waals surface area contributed by atoms with E-state index < -0.39 is 0 Å². The van der Waals surface area contributed by atoms with E-state index in [0.717, 1.165) is 37.2 Å². The van der Waals surface area contributed by atoms with Crippen molar-refractivity contribution in [1.82, 2.24) is 9.97 Å². The Bertz CT molecular complexity index is 717. The van der Waals surface area contributed by atoms with Crippen molar-refractivity contribution in [2.75, 3.05) is 0 Å². The lowest BCUT2D eigenvalue weighted by atomic mass is 9.86. The Morgan fingerprint density at radius 3 is 2.30 bits per heavy atom. The third-order valence-electron chi connectivity index (χ3n) is 5.55. The van der Waals surface area contributed by atoms with E-state index >= 15 is 0 Å². The van der Waals surface area contributed by atoms with E-state index in [1.54, 1.807) is 0 Å². The minimum atomic E-state index is -0.225. The molecule has 1 aromatic heterocycles. The van der Waals surface area contributed by atoms with Gasteiger partial charge in [0.25, 0.3) is 0 Å². The lowest BCUT2D eigenvalue weighted by molar-refractivity contribution is 0.0164. The van der Waals surface area contributed by atoms with Crippen molar-refractivity contribution >= 4 is 5.97 Å². The van der Waals surface area contributed by atoms with Crippen LogP contribution < -0.4 is 0 Å². The number of aromatic nitrogens is 2. The van der Waals surface area contributed by atoms with Gasteiger partial charge in [-0.15, -0.1) is 0 Å². The third kappa shape index (κ3) is 5.38. The molecule has 27 heavy (non-hydrogen) atoms. The molecule has 1 aliphatic carbocycles. The lowest BCUT2D eigenvalue weighted by Gasteiger charge is -2.27. The first-order valence-corrected chi connectivity index (χ1v) is 10.3. The summed E-state index contributed by atoms with van der Waals surface area (Å²) in [6.07, 6.45) is 12.7. The molecule has 144 valence electrons. The topological polar surface area (TPSA) is 52.1 Å². The molecular weight excluding hydrogens is 336 g/mol. The van der Waals surface area contributed by atoms with Crippen molar-refractivity contribution < 1.29 is 9.53 Å². The molecule has 1 saturated carbocycles. The largest absolute Gasteiger partial charge is 0.459 e. The van der Waals surface area contributed by atoms with Gasteiger partial charge in [0.05, 0.1) is 5.56 Å². The van der Waals surface area contributed by atoms with E-state index in [9.17, 15) is 4.79 Å². The van der Waals surface area contributed by atoms with Crippen LogP contribution >= 0.6 is 0 Å². The Morgan fingerprint density at radius 2 is 1.70 bits per heavy atom. The molecule has 0 spiro atoms. The maximum absolute atomic E-state index is 12.4. The Labute approximate surface area is 162 Å². The van der Waals surface area contributed by atoms with Gasteiger partial charge in [0, 0.05) is 18.0 Å². The fraction of sp³-hybridized carbons (Fsp3) is 0.522. The van der Waals surface area contributed by atoms with E-state index in [-0.39, 0.29) is 12.1 Å². The normalized spacial score (nSPS) is 19.6. The number of rotatable bonds is 7. The highest BCUT2D eigenvalue weighted by Gasteiger charge is 2.23. The van der Waals surface area contributed by atoms with E-state index in [1.807, 2.05) is 36.7 Å². The molecule has 3 rings (SSSR count). The van der Waals surface area contributed by atoms with E-state index in [1.165, 1.54) is 31.2 Å². The number of ether oxygens (including phenoxy) is 1. The Hall–Kier alpha value is -2.23. The van der Waals surface area contributed by atoms with Gasteiger partial charge in [0.15, 0.2) is 5.82 Å². The summed E-state index contributed by atoms with van der Waals surface area (Å²) in [6.45, 7) is 4.42. The summed E-state index contributed by atoms with van der Waals surface area (Å²) in [5, 5.41) is 0. The lowest BCUT2D eigenvalue weighted by Crippen LogP contribution is -2.24. The minimum Gasteiger partial charge on any atom is -0.459 e. The highest BCUT2D eigenvalue weighted by molar-refractivity contribution is 5.90. The summed E-state index contributed by atoms with van der Waals surface area (Å²) in [7, 11) is 0. The van der Waals surface area contributed by atoms with Gasteiger partial charge < -0.3 is 4.74 Å². The van der Waals surface area contributed by atoms with Gasteiger partial charge in [-0.2, -0.15) is 0 Å². The highest BCUT2D eigenvalue weighted by atomic mass is 16.5. The van der Waals surface area contributed by atoms with Crippen molar-refractivity contribution in [3.8, 4) is 11.4 Å². The van der Waals surface area contributed by atoms with Crippen molar-refractivity contribution in [2.24, 2.45) is 5.92 Å². The fourth-order valence-electron chi connectivity index (χ4n) is 3.65. The Morgan fingerprint density at radius 1 is 1.04 bits per heavy atom. The Balaban J connectivity index is 1.57. The molecule has 0 aliphatic heterocycles. The first kappa shape index (κ1) is 19.5. The molecule has 1 fully saturated rings. The molecule has 0 amide bonds. The summed E-state index contributed by atoms with van der Waals surface area (Å²) in [6, 6.07) is 7.41. The van der Waals surface area contributed by atoms with Crippen LogP contribution in [0.25, 0.3) is 11.4 Å². The minimum absolute atomic E-state index is 0.0685. The van der Waals surface area contributed by atoms with E-state index in [0.29, 0.717) is 11.4 Å². The van der Waals surface area contributed by atoms with Crippen LogP contribution in [-0.2, 0) is 11.2 Å². The van der Waals surface area contributed by atoms with Gasteiger partial charge in [0.1, 0.15) is 6.10 Å². The van der Waals surface area contributed by atoms with Gasteiger partial charge in [-0.05, 0) is 62.1 Å². The maximum Gasteiger partial charge on any atom is 0.338 e. The van der Waals surface area contributed by atoms with Crippen molar-refractivity contribution in [2.45, 2.75) is 71.3 Å². The monoisotopic (exact) mass is 366 g/mol. The molecular formula is C23H30N2O2. The first-order chi connectivity index (χ1) is 13.2. The van der Waals surface area contributed by atoms with Gasteiger partial charge in [-0.3, -0.25) is 0 Å². The molecule has 1 aromatic carbocycles. The number of carbonyl (C=O) groups is 1. The average molecular weight is 367 g/mol. The molecule has 4 nitrogen and oxygen atoms in total. The molecule has 0 saturated heterocycles. The van der Waals surface area contributed by atoms with Gasteiger partial charge in [0.2, 0.25) is 0 Å². The summed E-state index contributed by atoms with van der Waals surface area (Å²) in [5.74, 6) is 1.26. The molecule has 4 heteroatoms. The predicted octanol–water partition coefficient (Wildman–Crippen LogP) is 5.61. The zero-order valence-electron chi connectivity index (χ0n) is 16.5. The maximum atomic E-state index is 12.4. The van der Waals surface area contributed by atoms with Crippen molar-refractivity contribution in [3.05, 3.63) is 47.8 Å². The van der Waals surface area contributed by atoms with Crippen LogP contribution in [0, 0.1) is 5.92 Å². The second-order valence-electron chi connectivity index (χ2n) is 7.55. The number of benzene rings is 1. The van der Waals surface area contributed by atoms with E-state index in [2.05, 4.69) is 23.8 Å². The number of nitrogens with zero attached hydrogens (tertiary/aromatic N) is 2. The molecule has 1 aliphatic rings. The van der Waals surface area contributed by atoms with Crippen LogP contribution in [0.4, 0.5) is 0 Å². The summed E-state index contributed by atoms with van der Waals surface area (Å²) in [5.41, 5.74) is 2.67. The number of hydrogen-bond donors (Lipinski definition) is 0.